The molecule has 0 aliphatic heterocycles. The number of aromatic hydroxyl groups is 2. The van der Waals surface area contributed by atoms with Crippen molar-refractivity contribution < 1.29 is 20.4 Å². The molecule has 2 bridgehead atoms. The maximum atomic E-state index is 10.9. The fraction of sp³-hybridized carbons (Fsp3) is 0.238. The lowest BCUT2D eigenvalue weighted by atomic mass is 9.54. The Labute approximate surface area is 150 Å². The third kappa shape index (κ3) is 1.54. The molecule has 1 heterocycles. The molecule has 0 atom stereocenters. The quantitative estimate of drug-likeness (QED) is 0.583. The van der Waals surface area contributed by atoms with Gasteiger partial charge in [-0.25, -0.2) is 0 Å². The molecule has 0 amide bonds. The van der Waals surface area contributed by atoms with Gasteiger partial charge in [0.2, 0.25) is 0 Å². The van der Waals surface area contributed by atoms with E-state index in [9.17, 15) is 20.4 Å². The molecule has 0 fully saturated rings. The molecule has 3 aliphatic rings. The number of hydrogen-bond donors (Lipinski definition) is 4. The second-order valence-corrected chi connectivity index (χ2v) is 6.98. The van der Waals surface area contributed by atoms with Gasteiger partial charge in [-0.2, -0.15) is 0 Å². The van der Waals surface area contributed by atoms with Gasteiger partial charge in [-0.15, -0.1) is 0 Å². The second kappa shape index (κ2) is 5.13. The molecule has 0 saturated heterocycles. The number of aliphatic hydroxyl groups is 2. The highest BCUT2D eigenvalue weighted by molar-refractivity contribution is 5.76. The highest BCUT2D eigenvalue weighted by Gasteiger charge is 2.55. The van der Waals surface area contributed by atoms with Crippen molar-refractivity contribution in [1.29, 1.82) is 0 Å². The van der Waals surface area contributed by atoms with Crippen molar-refractivity contribution in [2.75, 3.05) is 13.2 Å². The number of rotatable bonds is 3. The van der Waals surface area contributed by atoms with Gasteiger partial charge >= 0.3 is 0 Å². The molecule has 0 spiro atoms. The average Bonchev–Trinajstić information content (AvgIpc) is 2.94. The topological polar surface area (TPSA) is 85.9 Å². The number of hydrogen-bond acceptors (Lipinski definition) is 4. The van der Waals surface area contributed by atoms with E-state index < -0.39 is 5.41 Å². The van der Waals surface area contributed by atoms with E-state index in [1.165, 1.54) is 4.57 Å². The minimum Gasteiger partial charge on any atom is -0.494 e. The minimum absolute atomic E-state index is 0.0432. The summed E-state index contributed by atoms with van der Waals surface area (Å²) in [6, 6.07) is 15.8. The van der Waals surface area contributed by atoms with Gasteiger partial charge in [-0.05, 0) is 22.3 Å². The fourth-order valence-electron chi connectivity index (χ4n) is 5.04. The summed E-state index contributed by atoms with van der Waals surface area (Å²) >= 11 is 0. The molecule has 0 unspecified atom stereocenters. The van der Waals surface area contributed by atoms with Crippen LogP contribution in [0, 0.1) is 0 Å². The summed E-state index contributed by atoms with van der Waals surface area (Å²) in [7, 11) is 0. The summed E-state index contributed by atoms with van der Waals surface area (Å²) in [5.74, 6) is -0.343. The molecule has 0 radical (unpaired) electrons. The summed E-state index contributed by atoms with van der Waals surface area (Å²) in [5.41, 5.74) is 4.22. The standard InChI is InChI=1S/C21H19NO4/c23-10-9-22-19(25)17-16-12-5-1-3-7-14(12)21(11-24,18(17)20(22)26)15-8-4-2-6-13(15)16/h1-8,16,23-26H,9-11H2. The lowest BCUT2D eigenvalue weighted by molar-refractivity contribution is 0.230. The van der Waals surface area contributed by atoms with Crippen LogP contribution in [0.1, 0.15) is 39.3 Å². The largest absolute Gasteiger partial charge is 0.494 e. The average molecular weight is 349 g/mol. The molecule has 3 aliphatic carbocycles. The van der Waals surface area contributed by atoms with Crippen LogP contribution in [0.2, 0.25) is 0 Å². The van der Waals surface area contributed by atoms with Gasteiger partial charge in [-0.1, -0.05) is 48.5 Å². The number of aliphatic hydroxyl groups excluding tert-OH is 2. The number of aromatic nitrogens is 1. The smallest absolute Gasteiger partial charge is 0.198 e. The summed E-state index contributed by atoms with van der Waals surface area (Å²) in [4.78, 5) is 0. The Morgan fingerprint density at radius 2 is 1.42 bits per heavy atom. The molecule has 5 heteroatoms. The van der Waals surface area contributed by atoms with Crippen LogP contribution in [0.3, 0.4) is 0 Å². The Hall–Kier alpha value is -2.76. The number of benzene rings is 2. The third-order valence-electron chi connectivity index (χ3n) is 5.98. The highest BCUT2D eigenvalue weighted by atomic mass is 16.3. The first-order valence-electron chi connectivity index (χ1n) is 8.72. The second-order valence-electron chi connectivity index (χ2n) is 6.98. The van der Waals surface area contributed by atoms with E-state index in [1.807, 2.05) is 48.5 Å². The van der Waals surface area contributed by atoms with Gasteiger partial charge in [0.05, 0.1) is 25.2 Å². The van der Waals surface area contributed by atoms with Crippen molar-refractivity contribution >= 4 is 0 Å². The van der Waals surface area contributed by atoms with Gasteiger partial charge in [0, 0.05) is 17.0 Å². The van der Waals surface area contributed by atoms with Gasteiger partial charge in [0.1, 0.15) is 0 Å². The molecule has 6 rings (SSSR count). The van der Waals surface area contributed by atoms with Crippen LogP contribution in [-0.4, -0.2) is 38.2 Å². The van der Waals surface area contributed by atoms with E-state index in [1.54, 1.807) is 0 Å². The van der Waals surface area contributed by atoms with E-state index in [0.29, 0.717) is 11.1 Å². The normalized spacial score (nSPS) is 22.0. The predicted octanol–water partition coefficient (Wildman–Crippen LogP) is 2.03. The molecular weight excluding hydrogens is 330 g/mol. The van der Waals surface area contributed by atoms with Crippen molar-refractivity contribution in [3.8, 4) is 11.8 Å². The van der Waals surface area contributed by atoms with Crippen molar-refractivity contribution in [3.63, 3.8) is 0 Å². The zero-order valence-corrected chi connectivity index (χ0v) is 14.1. The summed E-state index contributed by atoms with van der Waals surface area (Å²) in [6.45, 7) is -0.339. The zero-order valence-electron chi connectivity index (χ0n) is 14.1. The van der Waals surface area contributed by atoms with E-state index in [-0.39, 0.29) is 37.4 Å². The van der Waals surface area contributed by atoms with Gasteiger partial charge < -0.3 is 20.4 Å². The molecule has 26 heavy (non-hydrogen) atoms. The van der Waals surface area contributed by atoms with Gasteiger partial charge in [0.25, 0.3) is 0 Å². The zero-order chi connectivity index (χ0) is 18.1. The van der Waals surface area contributed by atoms with Crippen LogP contribution in [-0.2, 0) is 12.0 Å². The van der Waals surface area contributed by atoms with Crippen LogP contribution in [0.5, 0.6) is 11.8 Å². The van der Waals surface area contributed by atoms with Crippen LogP contribution in [0.25, 0.3) is 0 Å². The third-order valence-corrected chi connectivity index (χ3v) is 5.98. The molecule has 2 aromatic carbocycles. The molecule has 4 N–H and O–H groups in total. The van der Waals surface area contributed by atoms with E-state index in [2.05, 4.69) is 0 Å². The van der Waals surface area contributed by atoms with Crippen molar-refractivity contribution in [3.05, 3.63) is 81.9 Å². The van der Waals surface area contributed by atoms with Crippen molar-refractivity contribution in [2.24, 2.45) is 0 Å². The Kier molecular flexibility index (Phi) is 3.05. The maximum Gasteiger partial charge on any atom is 0.198 e. The summed E-state index contributed by atoms with van der Waals surface area (Å²) in [5, 5.41) is 41.8. The maximum absolute atomic E-state index is 10.9. The van der Waals surface area contributed by atoms with Gasteiger partial charge in [-0.3, -0.25) is 4.57 Å². The highest BCUT2D eigenvalue weighted by Crippen LogP contribution is 2.63. The molecule has 132 valence electrons. The molecule has 1 aromatic heterocycles. The molecular formula is C21H19NO4. The molecule has 3 aromatic rings. The Balaban J connectivity index is 1.97. The Bertz CT molecular complexity index is 989. The molecule has 5 nitrogen and oxygen atoms in total. The van der Waals surface area contributed by atoms with E-state index in [0.717, 1.165) is 22.3 Å². The SMILES string of the molecule is OCCn1c(O)c2c(c1O)C1(CO)c3ccccc3C2c2ccccc21. The first kappa shape index (κ1) is 15.5. The Morgan fingerprint density at radius 1 is 0.846 bits per heavy atom. The van der Waals surface area contributed by atoms with Crippen molar-refractivity contribution in [2.45, 2.75) is 17.9 Å². The van der Waals surface area contributed by atoms with E-state index in [4.69, 9.17) is 0 Å². The van der Waals surface area contributed by atoms with Crippen LogP contribution < -0.4 is 0 Å². The summed E-state index contributed by atoms with van der Waals surface area (Å²) in [6.07, 6.45) is 0. The number of nitrogens with zero attached hydrogens (tertiary/aromatic N) is 1. The summed E-state index contributed by atoms with van der Waals surface area (Å²) < 4.78 is 1.33. The first-order valence-corrected chi connectivity index (χ1v) is 8.72. The minimum atomic E-state index is -0.931. The lowest BCUT2D eigenvalue weighted by Crippen LogP contribution is -2.44. The van der Waals surface area contributed by atoms with Gasteiger partial charge in [0.15, 0.2) is 11.8 Å². The van der Waals surface area contributed by atoms with Crippen LogP contribution >= 0.6 is 0 Å². The Morgan fingerprint density at radius 3 is 1.96 bits per heavy atom. The predicted molar refractivity (Wildman–Crippen MR) is 95.6 cm³/mol. The fourth-order valence-corrected chi connectivity index (χ4v) is 5.04. The van der Waals surface area contributed by atoms with E-state index >= 15 is 0 Å². The van der Waals surface area contributed by atoms with Crippen molar-refractivity contribution in [1.82, 2.24) is 4.57 Å². The first-order chi connectivity index (χ1) is 12.7. The van der Waals surface area contributed by atoms with Crippen LogP contribution in [0.4, 0.5) is 0 Å². The molecule has 0 saturated carbocycles. The van der Waals surface area contributed by atoms with Crippen LogP contribution in [0.15, 0.2) is 48.5 Å². The lowest BCUT2D eigenvalue weighted by Gasteiger charge is -2.48. The monoisotopic (exact) mass is 349 g/mol.